The Labute approximate surface area is 216 Å². The molecule has 34 heavy (non-hydrogen) atoms. The van der Waals surface area contributed by atoms with Gasteiger partial charge in [0, 0.05) is 24.7 Å². The van der Waals surface area contributed by atoms with Crippen LogP contribution in [0.2, 0.25) is 15.1 Å². The molecule has 1 N–H and O–H groups in total. The smallest absolute Gasteiger partial charge is 0.243 e. The molecule has 0 radical (unpaired) electrons. The average molecular weight is 549 g/mol. The molecule has 7 nitrogen and oxygen atoms in total. The molecule has 0 spiro atoms. The van der Waals surface area contributed by atoms with Crippen LogP contribution in [0.5, 0.6) is 0 Å². The van der Waals surface area contributed by atoms with Gasteiger partial charge in [0.15, 0.2) is 0 Å². The molecule has 0 aromatic heterocycles. The van der Waals surface area contributed by atoms with Crippen molar-refractivity contribution < 1.29 is 18.0 Å². The Morgan fingerprint density at radius 2 is 1.62 bits per heavy atom. The number of benzene rings is 2. The number of nitrogens with zero attached hydrogens (tertiary/aromatic N) is 2. The van der Waals surface area contributed by atoms with Crippen molar-refractivity contribution in [3.63, 3.8) is 0 Å². The quantitative estimate of drug-likeness (QED) is 0.470. The van der Waals surface area contributed by atoms with Gasteiger partial charge in [0.25, 0.3) is 0 Å². The van der Waals surface area contributed by atoms with E-state index in [1.807, 2.05) is 13.8 Å². The lowest BCUT2D eigenvalue weighted by molar-refractivity contribution is -0.141. The highest BCUT2D eigenvalue weighted by molar-refractivity contribution is 7.89. The van der Waals surface area contributed by atoms with E-state index in [1.165, 1.54) is 36.2 Å². The summed E-state index contributed by atoms with van der Waals surface area (Å²) in [6, 6.07) is 9.66. The van der Waals surface area contributed by atoms with Gasteiger partial charge in [0.2, 0.25) is 21.8 Å². The lowest BCUT2D eigenvalue weighted by Gasteiger charge is -2.32. The number of rotatable bonds is 10. The summed E-state index contributed by atoms with van der Waals surface area (Å²) in [6.45, 7) is 5.02. The number of hydrogen-bond donors (Lipinski definition) is 1. The monoisotopic (exact) mass is 547 g/mol. The number of likely N-dealkylation sites (N-methyl/N-ethyl adjacent to an activating group) is 1. The highest BCUT2D eigenvalue weighted by atomic mass is 35.5. The minimum atomic E-state index is -3.95. The molecule has 0 fully saturated rings. The Bertz CT molecular complexity index is 1120. The van der Waals surface area contributed by atoms with Crippen LogP contribution in [0.25, 0.3) is 0 Å². The van der Waals surface area contributed by atoms with E-state index in [2.05, 4.69) is 5.32 Å². The Balaban J connectivity index is 2.35. The Morgan fingerprint density at radius 1 is 1.00 bits per heavy atom. The zero-order valence-corrected chi connectivity index (χ0v) is 22.5. The first-order valence-corrected chi connectivity index (χ1v) is 13.2. The van der Waals surface area contributed by atoms with E-state index in [4.69, 9.17) is 34.8 Å². The summed E-state index contributed by atoms with van der Waals surface area (Å²) in [5, 5.41) is 3.90. The second-order valence-corrected chi connectivity index (χ2v) is 11.4. The van der Waals surface area contributed by atoms with Gasteiger partial charge in [-0.3, -0.25) is 9.59 Å². The number of sulfonamides is 1. The molecule has 2 amide bonds. The van der Waals surface area contributed by atoms with E-state index < -0.39 is 28.5 Å². The molecule has 0 saturated heterocycles. The van der Waals surface area contributed by atoms with Crippen molar-refractivity contribution in [2.24, 2.45) is 0 Å². The van der Waals surface area contributed by atoms with Crippen LogP contribution in [-0.4, -0.2) is 55.1 Å². The van der Waals surface area contributed by atoms with Crippen molar-refractivity contribution in [3.8, 4) is 0 Å². The highest BCUT2D eigenvalue weighted by Crippen LogP contribution is 2.24. The first-order valence-electron chi connectivity index (χ1n) is 10.6. The van der Waals surface area contributed by atoms with Crippen LogP contribution in [0.15, 0.2) is 47.4 Å². The molecule has 0 saturated carbocycles. The maximum atomic E-state index is 13.4. The third-order valence-corrected chi connectivity index (χ3v) is 7.84. The van der Waals surface area contributed by atoms with Crippen LogP contribution >= 0.6 is 34.8 Å². The van der Waals surface area contributed by atoms with E-state index >= 15 is 0 Å². The first-order chi connectivity index (χ1) is 15.9. The van der Waals surface area contributed by atoms with Gasteiger partial charge in [-0.2, -0.15) is 4.31 Å². The molecule has 0 bridgehead atoms. The molecule has 0 aliphatic rings. The fraction of sp³-hybridized carbons (Fsp3) is 0.391. The van der Waals surface area contributed by atoms with E-state index in [0.717, 1.165) is 4.31 Å². The molecule has 0 heterocycles. The second-order valence-electron chi connectivity index (χ2n) is 8.07. The Hall–Kier alpha value is -1.84. The molecule has 11 heteroatoms. The number of amides is 2. The van der Waals surface area contributed by atoms with Crippen LogP contribution < -0.4 is 5.32 Å². The summed E-state index contributed by atoms with van der Waals surface area (Å²) < 4.78 is 26.9. The van der Waals surface area contributed by atoms with Gasteiger partial charge < -0.3 is 10.2 Å². The van der Waals surface area contributed by atoms with Crippen molar-refractivity contribution in [2.75, 3.05) is 13.6 Å². The maximum Gasteiger partial charge on any atom is 0.243 e. The molecule has 0 unspecified atom stereocenters. The summed E-state index contributed by atoms with van der Waals surface area (Å²) in [5.41, 5.74) is 0.654. The maximum absolute atomic E-state index is 13.4. The molecule has 0 aliphatic heterocycles. The fourth-order valence-corrected chi connectivity index (χ4v) is 4.85. The first kappa shape index (κ1) is 28.4. The zero-order chi connectivity index (χ0) is 25.6. The van der Waals surface area contributed by atoms with Crippen LogP contribution in [0, 0.1) is 0 Å². The minimum absolute atomic E-state index is 0.00725. The number of carbonyl (C=O) groups excluding carboxylic acids is 2. The van der Waals surface area contributed by atoms with Crippen LogP contribution in [0.4, 0.5) is 0 Å². The standard InChI is InChI=1S/C23H28Cl3N3O4S/c1-5-21(23(31)27-15(2)3)29(13-16-6-11-19(25)20(26)12-16)22(30)14-28(4)34(32,33)18-9-7-17(24)8-10-18/h6-12,15,21H,5,13-14H2,1-4H3,(H,27,31)/t21-/m1/s1. The van der Waals surface area contributed by atoms with Crippen molar-refractivity contribution in [2.45, 2.75) is 50.7 Å². The fourth-order valence-electron chi connectivity index (χ4n) is 3.29. The third-order valence-electron chi connectivity index (χ3n) is 5.03. The molecule has 0 aliphatic carbocycles. The van der Waals surface area contributed by atoms with Gasteiger partial charge in [-0.15, -0.1) is 0 Å². The number of halogens is 3. The topological polar surface area (TPSA) is 86.8 Å². The van der Waals surface area contributed by atoms with Gasteiger partial charge in [-0.05, 0) is 62.2 Å². The van der Waals surface area contributed by atoms with E-state index in [9.17, 15) is 18.0 Å². The van der Waals surface area contributed by atoms with Crippen LogP contribution in [0.1, 0.15) is 32.8 Å². The second kappa shape index (κ2) is 12.2. The summed E-state index contributed by atoms with van der Waals surface area (Å²) in [6.07, 6.45) is 0.333. The van der Waals surface area contributed by atoms with Gasteiger partial charge in [0.1, 0.15) is 6.04 Å². The summed E-state index contributed by atoms with van der Waals surface area (Å²) in [7, 11) is -2.64. The summed E-state index contributed by atoms with van der Waals surface area (Å²) >= 11 is 18.0. The van der Waals surface area contributed by atoms with Crippen molar-refractivity contribution in [1.82, 2.24) is 14.5 Å². The van der Waals surface area contributed by atoms with E-state index in [0.29, 0.717) is 27.1 Å². The number of hydrogen-bond acceptors (Lipinski definition) is 4. The average Bonchev–Trinajstić information content (AvgIpc) is 2.75. The van der Waals surface area contributed by atoms with Crippen LogP contribution in [0.3, 0.4) is 0 Å². The molecule has 2 aromatic carbocycles. The minimum Gasteiger partial charge on any atom is -0.352 e. The van der Waals surface area contributed by atoms with E-state index in [-0.39, 0.29) is 23.4 Å². The summed E-state index contributed by atoms with van der Waals surface area (Å²) in [4.78, 5) is 27.6. The van der Waals surface area contributed by atoms with E-state index in [1.54, 1.807) is 25.1 Å². The molecule has 186 valence electrons. The predicted molar refractivity (Wildman–Crippen MR) is 136 cm³/mol. The van der Waals surface area contributed by atoms with Crippen LogP contribution in [-0.2, 0) is 26.2 Å². The van der Waals surface area contributed by atoms with Crippen molar-refractivity contribution in [1.29, 1.82) is 0 Å². The lowest BCUT2D eigenvalue weighted by Crippen LogP contribution is -2.52. The Kier molecular flexibility index (Phi) is 10.2. The molecule has 1 atom stereocenters. The Morgan fingerprint density at radius 3 is 2.15 bits per heavy atom. The lowest BCUT2D eigenvalue weighted by atomic mass is 10.1. The van der Waals surface area contributed by atoms with Crippen molar-refractivity contribution >= 4 is 56.6 Å². The zero-order valence-electron chi connectivity index (χ0n) is 19.4. The van der Waals surface area contributed by atoms with Gasteiger partial charge in [-0.1, -0.05) is 47.8 Å². The van der Waals surface area contributed by atoms with Crippen molar-refractivity contribution in [3.05, 3.63) is 63.1 Å². The molecular weight excluding hydrogens is 521 g/mol. The third kappa shape index (κ3) is 7.33. The van der Waals surface area contributed by atoms with Gasteiger partial charge in [-0.25, -0.2) is 8.42 Å². The van der Waals surface area contributed by atoms with Gasteiger partial charge >= 0.3 is 0 Å². The normalized spacial score (nSPS) is 12.6. The highest BCUT2D eigenvalue weighted by Gasteiger charge is 2.32. The molecule has 2 aromatic rings. The molecular formula is C23H28Cl3N3O4S. The van der Waals surface area contributed by atoms with Gasteiger partial charge in [0.05, 0.1) is 21.5 Å². The molecule has 2 rings (SSSR count). The number of nitrogens with one attached hydrogen (secondary N) is 1. The number of carbonyl (C=O) groups is 2. The largest absolute Gasteiger partial charge is 0.352 e. The SMILES string of the molecule is CC[C@H](C(=O)NC(C)C)N(Cc1ccc(Cl)c(Cl)c1)C(=O)CN(C)S(=O)(=O)c1ccc(Cl)cc1. The predicted octanol–water partition coefficient (Wildman–Crippen LogP) is 4.60. The summed E-state index contributed by atoms with van der Waals surface area (Å²) in [5.74, 6) is -0.856.